The van der Waals surface area contributed by atoms with E-state index in [0.717, 1.165) is 11.1 Å². The SMILES string of the molecule is O=C(O)C1CSCN1C(=O)N1Cc2ccccc2C1. The van der Waals surface area contributed by atoms with Crippen molar-refractivity contribution in [3.05, 3.63) is 35.4 Å². The standard InChI is InChI=1S/C13H14N2O3S/c16-12(17)11-7-19-8-15(11)13(18)14-5-9-3-1-2-4-10(9)6-14/h1-4,11H,5-8H2,(H,16,17). The van der Waals surface area contributed by atoms with E-state index in [4.69, 9.17) is 5.11 Å². The third kappa shape index (κ3) is 2.16. The van der Waals surface area contributed by atoms with Gasteiger partial charge < -0.3 is 14.9 Å². The molecule has 100 valence electrons. The molecule has 0 aromatic heterocycles. The summed E-state index contributed by atoms with van der Waals surface area (Å²) in [5, 5.41) is 9.12. The summed E-state index contributed by atoms with van der Waals surface area (Å²) in [5.41, 5.74) is 2.30. The van der Waals surface area contributed by atoms with E-state index in [1.54, 1.807) is 4.90 Å². The molecule has 0 bridgehead atoms. The molecule has 1 N–H and O–H groups in total. The van der Waals surface area contributed by atoms with Gasteiger partial charge in [0.25, 0.3) is 0 Å². The lowest BCUT2D eigenvalue weighted by atomic mass is 10.1. The van der Waals surface area contributed by atoms with Gasteiger partial charge in [0, 0.05) is 18.8 Å². The molecule has 1 saturated heterocycles. The Morgan fingerprint density at radius 2 is 1.84 bits per heavy atom. The number of hydrogen-bond acceptors (Lipinski definition) is 3. The van der Waals surface area contributed by atoms with Crippen molar-refractivity contribution in [2.45, 2.75) is 19.1 Å². The summed E-state index contributed by atoms with van der Waals surface area (Å²) in [4.78, 5) is 26.7. The van der Waals surface area contributed by atoms with Crippen LogP contribution in [0.4, 0.5) is 4.79 Å². The fourth-order valence-corrected chi connectivity index (χ4v) is 3.62. The Morgan fingerprint density at radius 1 is 1.21 bits per heavy atom. The molecule has 2 aliphatic heterocycles. The quantitative estimate of drug-likeness (QED) is 0.847. The average molecular weight is 278 g/mol. The van der Waals surface area contributed by atoms with Gasteiger partial charge in [0.05, 0.1) is 5.88 Å². The van der Waals surface area contributed by atoms with Crippen molar-refractivity contribution in [1.29, 1.82) is 0 Å². The van der Waals surface area contributed by atoms with Crippen LogP contribution in [-0.4, -0.2) is 44.6 Å². The number of thioether (sulfide) groups is 1. The van der Waals surface area contributed by atoms with Crippen LogP contribution in [-0.2, 0) is 17.9 Å². The molecule has 1 atom stereocenters. The second-order valence-corrected chi connectivity index (χ2v) is 5.73. The van der Waals surface area contributed by atoms with E-state index in [2.05, 4.69) is 0 Å². The van der Waals surface area contributed by atoms with E-state index in [9.17, 15) is 9.59 Å². The maximum absolute atomic E-state index is 12.4. The monoisotopic (exact) mass is 278 g/mol. The second kappa shape index (κ2) is 4.77. The minimum absolute atomic E-state index is 0.173. The highest BCUT2D eigenvalue weighted by Gasteiger charge is 2.38. The van der Waals surface area contributed by atoms with Crippen molar-refractivity contribution in [2.75, 3.05) is 11.6 Å². The van der Waals surface area contributed by atoms with E-state index in [-0.39, 0.29) is 6.03 Å². The minimum Gasteiger partial charge on any atom is -0.480 e. The van der Waals surface area contributed by atoms with Gasteiger partial charge in [-0.25, -0.2) is 9.59 Å². The van der Waals surface area contributed by atoms with E-state index in [0.29, 0.717) is 24.7 Å². The van der Waals surface area contributed by atoms with Gasteiger partial charge in [0.2, 0.25) is 0 Å². The molecule has 2 heterocycles. The van der Waals surface area contributed by atoms with Gasteiger partial charge in [-0.3, -0.25) is 0 Å². The maximum Gasteiger partial charge on any atom is 0.327 e. The molecule has 0 aliphatic carbocycles. The predicted octanol–water partition coefficient (Wildman–Crippen LogP) is 1.58. The van der Waals surface area contributed by atoms with Gasteiger partial charge in [-0.05, 0) is 11.1 Å². The number of amides is 2. The molecule has 6 heteroatoms. The Labute approximate surface area is 115 Å². The Hall–Kier alpha value is -1.69. The molecule has 5 nitrogen and oxygen atoms in total. The number of rotatable bonds is 1. The Morgan fingerprint density at radius 3 is 2.42 bits per heavy atom. The van der Waals surface area contributed by atoms with E-state index in [1.807, 2.05) is 24.3 Å². The molecule has 2 amide bonds. The van der Waals surface area contributed by atoms with E-state index >= 15 is 0 Å². The highest BCUT2D eigenvalue weighted by atomic mass is 32.2. The Kier molecular flexibility index (Phi) is 3.10. The number of aliphatic carboxylic acids is 1. The van der Waals surface area contributed by atoms with Crippen LogP contribution in [0.5, 0.6) is 0 Å². The van der Waals surface area contributed by atoms with Gasteiger partial charge in [0.1, 0.15) is 6.04 Å². The van der Waals surface area contributed by atoms with Crippen LogP contribution in [0.25, 0.3) is 0 Å². The van der Waals surface area contributed by atoms with Gasteiger partial charge in [-0.15, -0.1) is 11.8 Å². The highest BCUT2D eigenvalue weighted by Crippen LogP contribution is 2.27. The van der Waals surface area contributed by atoms with Crippen molar-refractivity contribution in [3.8, 4) is 0 Å². The lowest BCUT2D eigenvalue weighted by Crippen LogP contribution is -2.47. The lowest BCUT2D eigenvalue weighted by molar-refractivity contribution is -0.140. The summed E-state index contributed by atoms with van der Waals surface area (Å²) in [6, 6.07) is 7.07. The minimum atomic E-state index is -0.921. The normalized spacial score (nSPS) is 21.6. The summed E-state index contributed by atoms with van der Waals surface area (Å²) < 4.78 is 0. The first kappa shape index (κ1) is 12.3. The smallest absolute Gasteiger partial charge is 0.327 e. The Balaban J connectivity index is 1.74. The van der Waals surface area contributed by atoms with Crippen LogP contribution in [0.2, 0.25) is 0 Å². The van der Waals surface area contributed by atoms with Crippen molar-refractivity contribution in [3.63, 3.8) is 0 Å². The number of carbonyl (C=O) groups is 2. The number of fused-ring (bicyclic) bond motifs is 1. The van der Waals surface area contributed by atoms with Gasteiger partial charge >= 0.3 is 12.0 Å². The first-order valence-electron chi connectivity index (χ1n) is 6.09. The zero-order chi connectivity index (χ0) is 13.4. The van der Waals surface area contributed by atoms with Crippen molar-refractivity contribution in [1.82, 2.24) is 9.80 Å². The maximum atomic E-state index is 12.4. The van der Waals surface area contributed by atoms with E-state index in [1.165, 1.54) is 16.7 Å². The fraction of sp³-hybridized carbons (Fsp3) is 0.385. The molecule has 19 heavy (non-hydrogen) atoms. The number of carbonyl (C=O) groups excluding carboxylic acids is 1. The number of carboxylic acids is 1. The third-order valence-electron chi connectivity index (χ3n) is 3.52. The van der Waals surface area contributed by atoms with Gasteiger partial charge in [-0.1, -0.05) is 24.3 Å². The van der Waals surface area contributed by atoms with Crippen LogP contribution >= 0.6 is 11.8 Å². The van der Waals surface area contributed by atoms with E-state index < -0.39 is 12.0 Å². The third-order valence-corrected chi connectivity index (χ3v) is 4.54. The Bertz CT molecular complexity index is 509. The summed E-state index contributed by atoms with van der Waals surface area (Å²) in [7, 11) is 0. The van der Waals surface area contributed by atoms with Crippen molar-refractivity contribution >= 4 is 23.8 Å². The van der Waals surface area contributed by atoms with Gasteiger partial charge in [0.15, 0.2) is 0 Å². The first-order valence-corrected chi connectivity index (χ1v) is 7.25. The molecule has 2 aliphatic rings. The summed E-state index contributed by atoms with van der Waals surface area (Å²) >= 11 is 1.49. The van der Waals surface area contributed by atoms with Gasteiger partial charge in [-0.2, -0.15) is 0 Å². The molecule has 1 aromatic rings. The summed E-state index contributed by atoms with van der Waals surface area (Å²) in [6.45, 7) is 1.14. The largest absolute Gasteiger partial charge is 0.480 e. The van der Waals surface area contributed by atoms with Crippen LogP contribution in [0.3, 0.4) is 0 Å². The zero-order valence-electron chi connectivity index (χ0n) is 10.3. The topological polar surface area (TPSA) is 60.9 Å². The molecule has 0 saturated carbocycles. The molecular weight excluding hydrogens is 264 g/mol. The zero-order valence-corrected chi connectivity index (χ0v) is 11.1. The number of carboxylic acid groups (broad SMARTS) is 1. The molecule has 1 fully saturated rings. The summed E-state index contributed by atoms with van der Waals surface area (Å²) in [5.74, 6) is 0.0138. The van der Waals surface area contributed by atoms with Crippen LogP contribution in [0.15, 0.2) is 24.3 Å². The number of hydrogen-bond donors (Lipinski definition) is 1. The molecule has 0 radical (unpaired) electrons. The first-order chi connectivity index (χ1) is 9.16. The number of nitrogens with zero attached hydrogens (tertiary/aromatic N) is 2. The van der Waals surface area contributed by atoms with Crippen LogP contribution in [0, 0.1) is 0 Å². The molecule has 0 spiro atoms. The van der Waals surface area contributed by atoms with Crippen molar-refractivity contribution in [2.24, 2.45) is 0 Å². The van der Waals surface area contributed by atoms with Crippen LogP contribution in [0.1, 0.15) is 11.1 Å². The molecule has 3 rings (SSSR count). The average Bonchev–Trinajstić information content (AvgIpc) is 3.04. The lowest BCUT2D eigenvalue weighted by Gasteiger charge is -2.26. The van der Waals surface area contributed by atoms with Crippen molar-refractivity contribution < 1.29 is 14.7 Å². The number of benzene rings is 1. The van der Waals surface area contributed by atoms with Crippen LogP contribution < -0.4 is 0 Å². The predicted molar refractivity (Wildman–Crippen MR) is 71.7 cm³/mol. The molecule has 1 unspecified atom stereocenters. The highest BCUT2D eigenvalue weighted by molar-refractivity contribution is 7.99. The number of urea groups is 1. The second-order valence-electron chi connectivity index (χ2n) is 4.73. The molecule has 1 aromatic carbocycles. The fourth-order valence-electron chi connectivity index (χ4n) is 2.49. The summed E-state index contributed by atoms with van der Waals surface area (Å²) in [6.07, 6.45) is 0. The molecular formula is C13H14N2O3S.